The molecule has 0 bridgehead atoms. The van der Waals surface area contributed by atoms with Crippen molar-refractivity contribution in [3.05, 3.63) is 78.3 Å². The van der Waals surface area contributed by atoms with E-state index in [0.717, 1.165) is 0 Å². The summed E-state index contributed by atoms with van der Waals surface area (Å²) in [5, 5.41) is 5.37. The van der Waals surface area contributed by atoms with E-state index in [1.54, 1.807) is 36.4 Å². The van der Waals surface area contributed by atoms with Gasteiger partial charge in [0.25, 0.3) is 17.6 Å². The van der Waals surface area contributed by atoms with Crippen LogP contribution < -0.4 is 10.6 Å². The van der Waals surface area contributed by atoms with E-state index in [-0.39, 0.29) is 17.6 Å². The number of nitrogens with one attached hydrogen (secondary N) is 2. The van der Waals surface area contributed by atoms with Gasteiger partial charge in [0.1, 0.15) is 0 Å². The van der Waals surface area contributed by atoms with Crippen LogP contribution in [0.1, 0.15) is 20.9 Å². The zero-order valence-electron chi connectivity index (χ0n) is 13.8. The van der Waals surface area contributed by atoms with Gasteiger partial charge in [-0.05, 0) is 60.7 Å². The molecule has 138 valence electrons. The molecule has 8 heteroatoms. The van der Waals surface area contributed by atoms with Gasteiger partial charge < -0.3 is 15.1 Å². The van der Waals surface area contributed by atoms with Crippen LogP contribution in [-0.2, 0) is 0 Å². The number of amides is 2. The van der Waals surface area contributed by atoms with Gasteiger partial charge in [0.2, 0.25) is 0 Å². The molecule has 0 aliphatic heterocycles. The van der Waals surface area contributed by atoms with Gasteiger partial charge in [-0.3, -0.25) is 9.59 Å². The van der Waals surface area contributed by atoms with Crippen molar-refractivity contribution in [1.82, 2.24) is 0 Å². The van der Waals surface area contributed by atoms with E-state index in [1.807, 2.05) is 0 Å². The van der Waals surface area contributed by atoms with E-state index in [9.17, 15) is 18.4 Å². The standard InChI is InChI=1S/C19H14F2N2O3S/c20-19(21)27-15-9-3-12(4-10-15)17(24)22-13-5-7-14(8-6-13)23-18(25)16-2-1-11-26-16/h1-11,19H,(H,22,24)(H,23,25). The summed E-state index contributed by atoms with van der Waals surface area (Å²) in [5.41, 5.74) is 1.42. The zero-order valence-corrected chi connectivity index (χ0v) is 14.6. The third-order valence-corrected chi connectivity index (χ3v) is 4.21. The summed E-state index contributed by atoms with van der Waals surface area (Å²) >= 11 is 0.422. The number of hydrogen-bond donors (Lipinski definition) is 2. The average molecular weight is 388 g/mol. The van der Waals surface area contributed by atoms with Gasteiger partial charge in [-0.25, -0.2) is 0 Å². The van der Waals surface area contributed by atoms with Crippen molar-refractivity contribution in [3.8, 4) is 0 Å². The number of rotatable bonds is 6. The number of furan rings is 1. The van der Waals surface area contributed by atoms with Gasteiger partial charge in [-0.15, -0.1) is 0 Å². The molecule has 2 N–H and O–H groups in total. The fourth-order valence-electron chi connectivity index (χ4n) is 2.23. The number of hydrogen-bond acceptors (Lipinski definition) is 4. The molecule has 3 rings (SSSR count). The molecule has 0 aliphatic carbocycles. The van der Waals surface area contributed by atoms with Crippen molar-refractivity contribution in [2.24, 2.45) is 0 Å². The molecule has 5 nitrogen and oxygen atoms in total. The second kappa shape index (κ2) is 8.50. The summed E-state index contributed by atoms with van der Waals surface area (Å²) < 4.78 is 29.6. The lowest BCUT2D eigenvalue weighted by molar-refractivity contribution is 0.0994. The first-order chi connectivity index (χ1) is 13.0. The molecule has 0 spiro atoms. The summed E-state index contributed by atoms with van der Waals surface area (Å²) in [6.45, 7) is 0. The van der Waals surface area contributed by atoms with Crippen molar-refractivity contribution < 1.29 is 22.8 Å². The van der Waals surface area contributed by atoms with Crippen LogP contribution in [0.3, 0.4) is 0 Å². The van der Waals surface area contributed by atoms with Crippen LogP contribution >= 0.6 is 11.8 Å². The van der Waals surface area contributed by atoms with Crippen molar-refractivity contribution in [3.63, 3.8) is 0 Å². The minimum absolute atomic E-state index is 0.195. The lowest BCUT2D eigenvalue weighted by atomic mass is 10.2. The molecule has 1 aromatic heterocycles. The molecule has 0 saturated heterocycles. The molecule has 0 aliphatic rings. The Bertz CT molecular complexity index is 911. The first-order valence-corrected chi connectivity index (χ1v) is 8.70. The number of carbonyl (C=O) groups is 2. The van der Waals surface area contributed by atoms with Crippen LogP contribution in [-0.4, -0.2) is 17.6 Å². The van der Waals surface area contributed by atoms with Crippen LogP contribution in [0.5, 0.6) is 0 Å². The molecule has 0 unspecified atom stereocenters. The van der Waals surface area contributed by atoms with E-state index < -0.39 is 5.76 Å². The summed E-state index contributed by atoms with van der Waals surface area (Å²) in [4.78, 5) is 24.5. The number of alkyl halides is 2. The van der Waals surface area contributed by atoms with Gasteiger partial charge >= 0.3 is 0 Å². The smallest absolute Gasteiger partial charge is 0.291 e. The number of benzene rings is 2. The second-order valence-electron chi connectivity index (χ2n) is 5.37. The number of anilines is 2. The van der Waals surface area contributed by atoms with Crippen LogP contribution in [0.4, 0.5) is 20.2 Å². The normalized spacial score (nSPS) is 10.6. The summed E-state index contributed by atoms with van der Waals surface area (Å²) in [6, 6.07) is 15.6. The number of carbonyl (C=O) groups excluding carboxylic acids is 2. The monoisotopic (exact) mass is 388 g/mol. The molecule has 27 heavy (non-hydrogen) atoms. The minimum Gasteiger partial charge on any atom is -0.459 e. The Kier molecular flexibility index (Phi) is 5.87. The lowest BCUT2D eigenvalue weighted by Gasteiger charge is -2.08. The van der Waals surface area contributed by atoms with Gasteiger partial charge in [0, 0.05) is 21.8 Å². The predicted molar refractivity (Wildman–Crippen MR) is 99.4 cm³/mol. The Morgan fingerprint density at radius 2 is 1.44 bits per heavy atom. The topological polar surface area (TPSA) is 71.3 Å². The largest absolute Gasteiger partial charge is 0.459 e. The van der Waals surface area contributed by atoms with E-state index in [1.165, 1.54) is 30.5 Å². The van der Waals surface area contributed by atoms with Crippen LogP contribution in [0.2, 0.25) is 0 Å². The fourth-order valence-corrected chi connectivity index (χ4v) is 2.73. The predicted octanol–water partition coefficient (Wildman–Crippen LogP) is 5.10. The van der Waals surface area contributed by atoms with Crippen molar-refractivity contribution in [2.45, 2.75) is 10.7 Å². The molecule has 2 aromatic carbocycles. The quantitative estimate of drug-likeness (QED) is 0.577. The molecule has 2 amide bonds. The van der Waals surface area contributed by atoms with Crippen LogP contribution in [0, 0.1) is 0 Å². The summed E-state index contributed by atoms with van der Waals surface area (Å²) in [7, 11) is 0. The Balaban J connectivity index is 1.59. The highest BCUT2D eigenvalue weighted by Crippen LogP contribution is 2.25. The SMILES string of the molecule is O=C(Nc1ccc(NC(=O)c2ccco2)cc1)c1ccc(SC(F)F)cc1. The van der Waals surface area contributed by atoms with Crippen molar-refractivity contribution in [2.75, 3.05) is 10.6 Å². The Labute approximate surface area is 157 Å². The highest BCUT2D eigenvalue weighted by molar-refractivity contribution is 7.99. The number of thioether (sulfide) groups is 1. The first-order valence-electron chi connectivity index (χ1n) is 7.82. The average Bonchev–Trinajstić information content (AvgIpc) is 3.18. The minimum atomic E-state index is -2.50. The third-order valence-electron chi connectivity index (χ3n) is 3.49. The van der Waals surface area contributed by atoms with Gasteiger partial charge in [0.05, 0.1) is 6.26 Å². The second-order valence-corrected chi connectivity index (χ2v) is 6.43. The van der Waals surface area contributed by atoms with Crippen LogP contribution in [0.25, 0.3) is 0 Å². The molecule has 0 saturated carbocycles. The van der Waals surface area contributed by atoms with Crippen molar-refractivity contribution in [1.29, 1.82) is 0 Å². The highest BCUT2D eigenvalue weighted by atomic mass is 32.2. The van der Waals surface area contributed by atoms with E-state index in [0.29, 0.717) is 33.6 Å². The Hall–Kier alpha value is -3.13. The molecule has 0 fully saturated rings. The Morgan fingerprint density at radius 1 is 0.852 bits per heavy atom. The van der Waals surface area contributed by atoms with E-state index in [4.69, 9.17) is 4.42 Å². The fraction of sp³-hybridized carbons (Fsp3) is 0.0526. The molecular formula is C19H14F2N2O3S. The van der Waals surface area contributed by atoms with Gasteiger partial charge in [-0.2, -0.15) is 8.78 Å². The zero-order chi connectivity index (χ0) is 19.2. The molecule has 1 heterocycles. The van der Waals surface area contributed by atoms with Gasteiger partial charge in [0.15, 0.2) is 5.76 Å². The maximum absolute atomic E-state index is 12.3. The Morgan fingerprint density at radius 3 is 1.96 bits per heavy atom. The van der Waals surface area contributed by atoms with Crippen molar-refractivity contribution >= 4 is 35.0 Å². The molecule has 0 atom stereocenters. The van der Waals surface area contributed by atoms with E-state index >= 15 is 0 Å². The molecule has 0 radical (unpaired) electrons. The third kappa shape index (κ3) is 5.18. The highest BCUT2D eigenvalue weighted by Gasteiger charge is 2.10. The maximum atomic E-state index is 12.3. The molecular weight excluding hydrogens is 374 g/mol. The summed E-state index contributed by atoms with van der Waals surface area (Å²) in [5.74, 6) is -3.05. The first kappa shape index (κ1) is 18.7. The lowest BCUT2D eigenvalue weighted by Crippen LogP contribution is -2.12. The molecule has 3 aromatic rings. The number of halogens is 2. The summed E-state index contributed by atoms with van der Waals surface area (Å²) in [6.07, 6.45) is 1.41. The van der Waals surface area contributed by atoms with Crippen LogP contribution in [0.15, 0.2) is 76.2 Å². The maximum Gasteiger partial charge on any atom is 0.291 e. The van der Waals surface area contributed by atoms with Gasteiger partial charge in [-0.1, -0.05) is 11.8 Å². The van der Waals surface area contributed by atoms with E-state index in [2.05, 4.69) is 10.6 Å².